The fourth-order valence-electron chi connectivity index (χ4n) is 4.51. The predicted octanol–water partition coefficient (Wildman–Crippen LogP) is 4.58. The van der Waals surface area contributed by atoms with E-state index in [-0.39, 0.29) is 12.0 Å². The Kier molecular flexibility index (Phi) is 11.2. The molecule has 1 aliphatic rings. The van der Waals surface area contributed by atoms with Crippen LogP contribution < -0.4 is 0 Å². The maximum atomic E-state index is 13.3. The van der Waals surface area contributed by atoms with Gasteiger partial charge >= 0.3 is 12.1 Å². The van der Waals surface area contributed by atoms with Crippen molar-refractivity contribution < 1.29 is 24.2 Å². The van der Waals surface area contributed by atoms with E-state index >= 15 is 0 Å². The van der Waals surface area contributed by atoms with Crippen LogP contribution in [-0.4, -0.2) is 93.7 Å². The van der Waals surface area contributed by atoms with E-state index in [0.717, 1.165) is 16.8 Å². The van der Waals surface area contributed by atoms with Gasteiger partial charge in [0.15, 0.2) is 0 Å². The van der Waals surface area contributed by atoms with E-state index < -0.39 is 28.8 Å². The highest BCUT2D eigenvalue weighted by Gasteiger charge is 2.48. The van der Waals surface area contributed by atoms with Crippen LogP contribution >= 0.6 is 28.4 Å². The highest BCUT2D eigenvalue weighted by atomic mass is 127. The Labute approximate surface area is 241 Å². The first kappa shape index (κ1) is 32.5. The van der Waals surface area contributed by atoms with Crippen LogP contribution in [0.25, 0.3) is 5.57 Å². The summed E-state index contributed by atoms with van der Waals surface area (Å²) in [5.74, 6) is -2.28. The second kappa shape index (κ2) is 13.1. The van der Waals surface area contributed by atoms with Crippen molar-refractivity contribution >= 4 is 52.0 Å². The lowest BCUT2D eigenvalue weighted by molar-refractivity contribution is -0.150. The molecule has 0 aliphatic heterocycles. The van der Waals surface area contributed by atoms with Crippen molar-refractivity contribution in [2.75, 3.05) is 40.8 Å². The minimum atomic E-state index is -0.906. The number of hydrogen-bond acceptors (Lipinski definition) is 6. The van der Waals surface area contributed by atoms with Crippen molar-refractivity contribution in [1.82, 2.24) is 24.3 Å². The molecule has 2 rings (SSSR count). The zero-order valence-electron chi connectivity index (χ0n) is 24.0. The standard InChI is InChI=1S/C26H43IN5O5P/c1-10-30(8)22(33)19-13-17(14-20(23(34)35)26(19,5)6)21-18(16-32(28-21)38-27)15-29(7)11-12-31(9)24(36)37-25(2,3)4/h13,16,19-20,38H,10-12,14-15H2,1-9H3,(H,34,35). The summed E-state index contributed by atoms with van der Waals surface area (Å²) in [6.45, 7) is 13.4. The fraction of sp³-hybridized carbons (Fsp3) is 0.692. The first-order valence-corrected chi connectivity index (χ1v) is 16.8. The van der Waals surface area contributed by atoms with Crippen molar-refractivity contribution in [2.24, 2.45) is 17.3 Å². The quantitative estimate of drug-likeness (QED) is 0.289. The molecule has 38 heavy (non-hydrogen) atoms. The van der Waals surface area contributed by atoms with Crippen molar-refractivity contribution in [3.8, 4) is 0 Å². The molecule has 0 fully saturated rings. The molecule has 0 bridgehead atoms. The number of carboxylic acid groups (broad SMARTS) is 1. The average molecular weight is 664 g/mol. The van der Waals surface area contributed by atoms with E-state index in [0.29, 0.717) is 39.0 Å². The molecule has 0 saturated carbocycles. The summed E-state index contributed by atoms with van der Waals surface area (Å²) in [5, 5.41) is 14.9. The lowest BCUT2D eigenvalue weighted by Gasteiger charge is -2.42. The molecule has 2 amide bonds. The minimum Gasteiger partial charge on any atom is -0.481 e. The number of carbonyl (C=O) groups excluding carboxylic acids is 2. The molecule has 214 valence electrons. The lowest BCUT2D eigenvalue weighted by atomic mass is 9.62. The van der Waals surface area contributed by atoms with Gasteiger partial charge in [0.05, 0.1) is 23.9 Å². The Balaban J connectivity index is 2.33. The van der Waals surface area contributed by atoms with Crippen LogP contribution in [0.15, 0.2) is 12.3 Å². The predicted molar refractivity (Wildman–Crippen MR) is 159 cm³/mol. The maximum Gasteiger partial charge on any atom is 0.410 e. The van der Waals surface area contributed by atoms with E-state index in [1.165, 1.54) is 0 Å². The molecule has 12 heteroatoms. The van der Waals surface area contributed by atoms with E-state index in [9.17, 15) is 19.5 Å². The molecule has 1 heterocycles. The molecule has 1 aliphatic carbocycles. The fourth-order valence-corrected chi connectivity index (χ4v) is 5.59. The Morgan fingerprint density at radius 3 is 2.37 bits per heavy atom. The number of aliphatic carboxylic acids is 1. The SMILES string of the molecule is CCN(C)C(=O)C1C=C(c2nn(PI)cc2CN(C)CCN(C)C(=O)OC(C)(C)C)CC(C(=O)O)C1(C)C. The molecular weight excluding hydrogens is 620 g/mol. The summed E-state index contributed by atoms with van der Waals surface area (Å²) in [5.41, 5.74) is 1.19. The summed E-state index contributed by atoms with van der Waals surface area (Å²) in [7, 11) is 5.43. The highest BCUT2D eigenvalue weighted by molar-refractivity contribution is 14.2. The number of ether oxygens (including phenoxy) is 1. The number of hydrogen-bond donors (Lipinski definition) is 1. The van der Waals surface area contributed by atoms with E-state index in [1.54, 1.807) is 23.9 Å². The van der Waals surface area contributed by atoms with Crippen LogP contribution in [0, 0.1) is 17.3 Å². The third-order valence-corrected chi connectivity index (χ3v) is 8.93. The maximum absolute atomic E-state index is 13.3. The number of likely N-dealkylation sites (N-methyl/N-ethyl adjacent to an activating group) is 2. The third kappa shape index (κ3) is 8.14. The second-order valence-electron chi connectivity index (χ2n) is 11.6. The monoisotopic (exact) mass is 663 g/mol. The number of carbonyl (C=O) groups is 3. The van der Waals surface area contributed by atoms with Gasteiger partial charge in [-0.1, -0.05) is 19.9 Å². The van der Waals surface area contributed by atoms with Gasteiger partial charge in [0.1, 0.15) is 5.60 Å². The van der Waals surface area contributed by atoms with Gasteiger partial charge in [-0.2, -0.15) is 5.10 Å². The van der Waals surface area contributed by atoms with Crippen molar-refractivity contribution in [3.63, 3.8) is 0 Å². The van der Waals surface area contributed by atoms with Gasteiger partial charge in [0.2, 0.25) is 5.91 Å². The molecule has 0 spiro atoms. The summed E-state index contributed by atoms with van der Waals surface area (Å²) in [6.07, 6.45) is 4.24. The van der Waals surface area contributed by atoms with Crippen molar-refractivity contribution in [2.45, 2.75) is 60.1 Å². The van der Waals surface area contributed by atoms with Gasteiger partial charge in [-0.25, -0.2) is 9.25 Å². The average Bonchev–Trinajstić information content (AvgIpc) is 3.22. The number of carboxylic acids is 1. The Hall–Kier alpha value is -1.72. The van der Waals surface area contributed by atoms with E-state index in [4.69, 9.17) is 9.84 Å². The van der Waals surface area contributed by atoms with Gasteiger partial charge in [-0.05, 0) is 74.2 Å². The number of aromatic nitrogens is 2. The van der Waals surface area contributed by atoms with Gasteiger partial charge in [-0.15, -0.1) is 0 Å². The van der Waals surface area contributed by atoms with Gasteiger partial charge in [-0.3, -0.25) is 9.59 Å². The molecule has 1 aromatic rings. The van der Waals surface area contributed by atoms with Crippen LogP contribution in [-0.2, 0) is 20.9 Å². The first-order valence-electron chi connectivity index (χ1n) is 12.8. The normalized spacial score (nSPS) is 19.5. The number of allylic oxidation sites excluding steroid dienone is 1. The zero-order valence-corrected chi connectivity index (χ0v) is 27.2. The third-order valence-electron chi connectivity index (χ3n) is 7.05. The van der Waals surface area contributed by atoms with E-state index in [1.807, 2.05) is 65.3 Å². The summed E-state index contributed by atoms with van der Waals surface area (Å²) < 4.78 is 7.29. The van der Waals surface area contributed by atoms with Crippen LogP contribution in [0.5, 0.6) is 0 Å². The topological polar surface area (TPSA) is 108 Å². The largest absolute Gasteiger partial charge is 0.481 e. The molecule has 0 saturated heterocycles. The molecule has 1 aromatic heterocycles. The molecule has 10 nitrogen and oxygen atoms in total. The number of rotatable bonds is 10. The smallest absolute Gasteiger partial charge is 0.410 e. The first-order chi connectivity index (χ1) is 17.5. The molecule has 1 N–H and O–H groups in total. The van der Waals surface area contributed by atoms with Gasteiger partial charge < -0.3 is 24.5 Å². The van der Waals surface area contributed by atoms with Crippen LogP contribution in [0.2, 0.25) is 0 Å². The molecule has 3 atom stereocenters. The summed E-state index contributed by atoms with van der Waals surface area (Å²) >= 11 is 2.26. The molecular formula is C26H43IN5O5P. The van der Waals surface area contributed by atoms with Crippen molar-refractivity contribution in [1.29, 1.82) is 0 Å². The number of nitrogens with zero attached hydrogens (tertiary/aromatic N) is 5. The van der Waals surface area contributed by atoms with E-state index in [2.05, 4.69) is 26.9 Å². The Morgan fingerprint density at radius 1 is 1.21 bits per heavy atom. The van der Waals surface area contributed by atoms with Gasteiger partial charge in [0.25, 0.3) is 0 Å². The zero-order chi connectivity index (χ0) is 29.0. The minimum absolute atomic E-state index is 0.0833. The number of amides is 2. The molecule has 3 unspecified atom stereocenters. The van der Waals surface area contributed by atoms with Gasteiger partial charge in [0, 0.05) is 52.0 Å². The summed E-state index contributed by atoms with van der Waals surface area (Å²) in [6, 6.07) is 0. The Morgan fingerprint density at radius 2 is 1.84 bits per heavy atom. The number of halogens is 1. The molecule has 0 radical (unpaired) electrons. The van der Waals surface area contributed by atoms with Crippen molar-refractivity contribution in [3.05, 3.63) is 23.5 Å². The Bertz CT molecular complexity index is 1050. The van der Waals surface area contributed by atoms with Crippen LogP contribution in [0.4, 0.5) is 4.79 Å². The molecule has 0 aromatic carbocycles. The summed E-state index contributed by atoms with van der Waals surface area (Å²) in [4.78, 5) is 43.3. The lowest BCUT2D eigenvalue weighted by Crippen LogP contribution is -2.47. The van der Waals surface area contributed by atoms with Crippen LogP contribution in [0.1, 0.15) is 59.2 Å². The highest BCUT2D eigenvalue weighted by Crippen LogP contribution is 2.48. The second-order valence-corrected chi connectivity index (χ2v) is 13.7. The van der Waals surface area contributed by atoms with Crippen LogP contribution in [0.3, 0.4) is 0 Å².